The van der Waals surface area contributed by atoms with Crippen molar-refractivity contribution in [3.8, 4) is 0 Å². The van der Waals surface area contributed by atoms with Gasteiger partial charge in [0, 0.05) is 38.0 Å². The van der Waals surface area contributed by atoms with E-state index in [1.807, 2.05) is 46.6 Å². The summed E-state index contributed by atoms with van der Waals surface area (Å²) in [6.07, 6.45) is 3.01. The Kier molecular flexibility index (Phi) is 6.22. The van der Waals surface area contributed by atoms with E-state index in [1.165, 1.54) is 0 Å². The lowest BCUT2D eigenvalue weighted by atomic mass is 9.89. The lowest BCUT2D eigenvalue weighted by Gasteiger charge is -2.30. The highest BCUT2D eigenvalue weighted by Crippen LogP contribution is 2.24. The fourth-order valence-corrected chi connectivity index (χ4v) is 6.52. The molecule has 0 bridgehead atoms. The highest BCUT2D eigenvalue weighted by molar-refractivity contribution is 7.91. The smallest absolute Gasteiger partial charge is 0.198 e. The third-order valence-electron chi connectivity index (χ3n) is 6.28. The second-order valence-electron chi connectivity index (χ2n) is 8.49. The van der Waals surface area contributed by atoms with Gasteiger partial charge >= 0.3 is 0 Å². The molecule has 2 aliphatic rings. The number of piperidine rings is 1. The molecule has 1 aromatic carbocycles. The molecule has 7 nitrogen and oxygen atoms in total. The maximum Gasteiger partial charge on any atom is 0.198 e. The first-order valence-corrected chi connectivity index (χ1v) is 12.7. The van der Waals surface area contributed by atoms with Gasteiger partial charge in [0.05, 0.1) is 18.2 Å². The van der Waals surface area contributed by atoms with Crippen LogP contribution in [0, 0.1) is 16.6 Å². The van der Waals surface area contributed by atoms with Crippen LogP contribution in [0.3, 0.4) is 0 Å². The molecule has 1 unspecified atom stereocenters. The molecule has 0 N–H and O–H groups in total. The average molecular weight is 449 g/mol. The fourth-order valence-electron chi connectivity index (χ4n) is 4.46. The van der Waals surface area contributed by atoms with Crippen LogP contribution in [-0.2, 0) is 30.0 Å². The number of hydrogen-bond donors (Lipinski definition) is 0. The Balaban J connectivity index is 1.35. The topological polar surface area (TPSA) is 77.2 Å². The molecule has 162 valence electrons. The number of likely N-dealkylation sites (tertiary alicyclic amines) is 1. The Labute approximate surface area is 182 Å². The van der Waals surface area contributed by atoms with Crippen molar-refractivity contribution in [3.05, 3.63) is 46.5 Å². The van der Waals surface area contributed by atoms with Gasteiger partial charge in [-0.15, -0.1) is 0 Å². The predicted molar refractivity (Wildman–Crippen MR) is 118 cm³/mol. The van der Waals surface area contributed by atoms with Gasteiger partial charge in [0.2, 0.25) is 0 Å². The summed E-state index contributed by atoms with van der Waals surface area (Å²) in [6.45, 7) is 2.26. The van der Waals surface area contributed by atoms with E-state index in [-0.39, 0.29) is 29.1 Å². The van der Waals surface area contributed by atoms with E-state index in [0.29, 0.717) is 24.3 Å². The summed E-state index contributed by atoms with van der Waals surface area (Å²) in [5.74, 6) is 1.79. The van der Waals surface area contributed by atoms with Crippen LogP contribution in [0.4, 0.5) is 0 Å². The van der Waals surface area contributed by atoms with Gasteiger partial charge in [0.15, 0.2) is 20.4 Å². The first-order chi connectivity index (χ1) is 14.3. The summed E-state index contributed by atoms with van der Waals surface area (Å²) in [6, 6.07) is 9.52. The van der Waals surface area contributed by atoms with Crippen LogP contribution in [0.2, 0.25) is 0 Å². The minimum Gasteiger partial charge on any atom is -0.307 e. The molecule has 9 heteroatoms. The summed E-state index contributed by atoms with van der Waals surface area (Å²) in [5.41, 5.74) is 0.793. The molecule has 0 radical (unpaired) electrons. The molecule has 30 heavy (non-hydrogen) atoms. The highest BCUT2D eigenvalue weighted by Gasteiger charge is 2.30. The van der Waals surface area contributed by atoms with Crippen molar-refractivity contribution < 1.29 is 13.2 Å². The fraction of sp³-hybridized carbons (Fsp3) is 0.571. The maximum absolute atomic E-state index is 12.7. The summed E-state index contributed by atoms with van der Waals surface area (Å²) in [7, 11) is -0.994. The molecule has 2 aliphatic heterocycles. The van der Waals surface area contributed by atoms with E-state index >= 15 is 0 Å². The van der Waals surface area contributed by atoms with Gasteiger partial charge in [-0.3, -0.25) is 9.69 Å². The Hall–Kier alpha value is -1.84. The average Bonchev–Trinajstić information content (AvgIpc) is 3.22. The third-order valence-corrected chi connectivity index (χ3v) is 8.60. The van der Waals surface area contributed by atoms with Crippen molar-refractivity contribution in [2.45, 2.75) is 32.4 Å². The molecule has 2 aromatic rings. The number of nitrogens with zero attached hydrogens (tertiary/aromatic N) is 4. The van der Waals surface area contributed by atoms with Crippen molar-refractivity contribution in [2.24, 2.45) is 18.9 Å². The Bertz CT molecular complexity index is 1070. The molecule has 2 fully saturated rings. The van der Waals surface area contributed by atoms with Crippen LogP contribution in [0.5, 0.6) is 0 Å². The number of Topliss-reactive ketones (excluding diaryl/α,β-unsaturated/α-hetero) is 1. The zero-order chi connectivity index (χ0) is 21.3. The molecule has 0 saturated carbocycles. The molecule has 3 heterocycles. The quantitative estimate of drug-likeness (QED) is 0.499. The van der Waals surface area contributed by atoms with E-state index in [1.54, 1.807) is 0 Å². The first kappa shape index (κ1) is 21.4. The third kappa shape index (κ3) is 4.73. The Morgan fingerprint density at radius 3 is 2.50 bits per heavy atom. The zero-order valence-corrected chi connectivity index (χ0v) is 18.9. The molecular weight excluding hydrogens is 420 g/mol. The normalized spacial score (nSPS) is 22.4. The van der Waals surface area contributed by atoms with Crippen molar-refractivity contribution >= 4 is 27.8 Å². The summed E-state index contributed by atoms with van der Waals surface area (Å²) < 4.78 is 27.8. The number of benzene rings is 1. The molecule has 4 rings (SSSR count). The van der Waals surface area contributed by atoms with Gasteiger partial charge in [-0.2, -0.15) is 5.10 Å². The van der Waals surface area contributed by atoms with Crippen LogP contribution < -0.4 is 0 Å². The second kappa shape index (κ2) is 8.72. The maximum atomic E-state index is 12.7. The van der Waals surface area contributed by atoms with Crippen LogP contribution in [0.25, 0.3) is 0 Å². The lowest BCUT2D eigenvalue weighted by molar-refractivity contribution is 0.0803. The molecule has 0 aliphatic carbocycles. The second-order valence-corrected chi connectivity index (χ2v) is 11.1. The van der Waals surface area contributed by atoms with Crippen LogP contribution in [-0.4, -0.2) is 58.0 Å². The molecule has 1 aromatic heterocycles. The van der Waals surface area contributed by atoms with E-state index in [9.17, 15) is 13.2 Å². The number of sulfone groups is 1. The number of rotatable bonds is 6. The largest absolute Gasteiger partial charge is 0.307 e. The number of carbonyl (C=O) groups is 1. The summed E-state index contributed by atoms with van der Waals surface area (Å²) in [4.78, 5) is 15.0. The van der Waals surface area contributed by atoms with E-state index in [4.69, 9.17) is 12.2 Å². The van der Waals surface area contributed by atoms with Gasteiger partial charge in [-0.25, -0.2) is 13.1 Å². The summed E-state index contributed by atoms with van der Waals surface area (Å²) in [5, 5.41) is 4.69. The first-order valence-electron chi connectivity index (χ1n) is 10.5. The number of aromatic nitrogens is 3. The molecule has 1 atom stereocenters. The van der Waals surface area contributed by atoms with Crippen molar-refractivity contribution in [3.63, 3.8) is 0 Å². The van der Waals surface area contributed by atoms with Crippen molar-refractivity contribution in [1.82, 2.24) is 19.2 Å². The molecule has 2 saturated heterocycles. The molecule has 0 amide bonds. The molecular formula is C21H28N4O3S2. The van der Waals surface area contributed by atoms with E-state index in [2.05, 4.69) is 10.00 Å². The number of ketones is 1. The van der Waals surface area contributed by atoms with Gasteiger partial charge in [-0.05, 0) is 37.4 Å². The minimum atomic E-state index is -2.89. The molecule has 0 spiro atoms. The van der Waals surface area contributed by atoms with Crippen molar-refractivity contribution in [1.29, 1.82) is 0 Å². The zero-order valence-electron chi connectivity index (χ0n) is 17.2. The highest BCUT2D eigenvalue weighted by atomic mass is 32.2. The minimum absolute atomic E-state index is 0.0697. The van der Waals surface area contributed by atoms with Crippen molar-refractivity contribution in [2.75, 3.05) is 24.6 Å². The summed E-state index contributed by atoms with van der Waals surface area (Å²) >= 11 is 5.56. The van der Waals surface area contributed by atoms with Crippen LogP contribution in [0.1, 0.15) is 35.4 Å². The van der Waals surface area contributed by atoms with Gasteiger partial charge in [-0.1, -0.05) is 30.3 Å². The van der Waals surface area contributed by atoms with E-state index in [0.717, 1.165) is 37.3 Å². The van der Waals surface area contributed by atoms with E-state index < -0.39 is 9.84 Å². The van der Waals surface area contributed by atoms with Crippen LogP contribution >= 0.6 is 12.2 Å². The van der Waals surface area contributed by atoms with Gasteiger partial charge in [0.25, 0.3) is 0 Å². The monoisotopic (exact) mass is 448 g/mol. The lowest BCUT2D eigenvalue weighted by Crippen LogP contribution is -2.37. The Morgan fingerprint density at radius 1 is 1.17 bits per heavy atom. The number of hydrogen-bond acceptors (Lipinski definition) is 6. The van der Waals surface area contributed by atoms with Gasteiger partial charge in [0.1, 0.15) is 5.82 Å². The SMILES string of the molecule is Cn1c(CC2CCS(=O)(=O)C2)nn(CN2CCC(C(=O)c3ccccc3)CC2)c1=S. The Morgan fingerprint density at radius 2 is 1.87 bits per heavy atom. The predicted octanol–water partition coefficient (Wildman–Crippen LogP) is 2.48. The number of carbonyl (C=O) groups excluding carboxylic acids is 1. The van der Waals surface area contributed by atoms with Gasteiger partial charge < -0.3 is 4.57 Å². The van der Waals surface area contributed by atoms with Crippen LogP contribution in [0.15, 0.2) is 30.3 Å². The standard InChI is InChI=1S/C21H28N4O3S2/c1-23-19(13-16-9-12-30(27,28)14-16)22-25(21(23)29)15-24-10-7-18(8-11-24)20(26)17-5-3-2-4-6-17/h2-6,16,18H,7-15H2,1H3.